The maximum Gasteiger partial charge on any atom is 0.259 e. The van der Waals surface area contributed by atoms with Gasteiger partial charge in [0.15, 0.2) is 5.78 Å². The van der Waals surface area contributed by atoms with E-state index in [0.29, 0.717) is 21.4 Å². The normalized spacial score (nSPS) is 21.5. The third-order valence-corrected chi connectivity index (χ3v) is 5.05. The number of imide groups is 1. The topological polar surface area (TPSA) is 70.1 Å². The highest BCUT2D eigenvalue weighted by molar-refractivity contribution is 6.49. The first-order chi connectivity index (χ1) is 12.9. The Kier molecular flexibility index (Phi) is 4.25. The average Bonchev–Trinajstić information content (AvgIpc) is 3.13. The molecular formula is C19H13Cl2N3O3. The van der Waals surface area contributed by atoms with Crippen LogP contribution in [0.1, 0.15) is 6.92 Å². The van der Waals surface area contributed by atoms with Crippen LogP contribution in [-0.4, -0.2) is 29.4 Å². The number of rotatable bonds is 3. The minimum Gasteiger partial charge on any atom is -0.293 e. The first kappa shape index (κ1) is 17.7. The lowest BCUT2D eigenvalue weighted by Gasteiger charge is -2.22. The first-order valence-corrected chi connectivity index (χ1v) is 8.91. The van der Waals surface area contributed by atoms with E-state index in [1.54, 1.807) is 42.5 Å². The lowest BCUT2D eigenvalue weighted by molar-refractivity contribution is -0.122. The van der Waals surface area contributed by atoms with Crippen molar-refractivity contribution in [1.29, 1.82) is 0 Å². The predicted molar refractivity (Wildman–Crippen MR) is 103 cm³/mol. The van der Waals surface area contributed by atoms with E-state index < -0.39 is 23.8 Å². The summed E-state index contributed by atoms with van der Waals surface area (Å²) in [5.74, 6) is -2.25. The minimum absolute atomic E-state index is 0.0674. The molecular weight excluding hydrogens is 389 g/mol. The van der Waals surface area contributed by atoms with Crippen LogP contribution < -0.4 is 9.91 Å². The molecule has 2 aromatic rings. The highest BCUT2D eigenvalue weighted by Crippen LogP contribution is 2.38. The van der Waals surface area contributed by atoms with Crippen LogP contribution in [0.5, 0.6) is 0 Å². The number of carbonyl (C=O) groups excluding carboxylic acids is 3. The van der Waals surface area contributed by atoms with Crippen molar-refractivity contribution in [2.45, 2.75) is 13.0 Å². The van der Waals surface area contributed by atoms with Crippen molar-refractivity contribution in [2.24, 2.45) is 11.0 Å². The number of benzene rings is 2. The lowest BCUT2D eigenvalue weighted by Crippen LogP contribution is -2.39. The molecule has 136 valence electrons. The third kappa shape index (κ3) is 2.81. The Morgan fingerprint density at radius 3 is 2.30 bits per heavy atom. The van der Waals surface area contributed by atoms with Crippen LogP contribution in [0.3, 0.4) is 0 Å². The molecule has 0 radical (unpaired) electrons. The molecule has 2 aliphatic rings. The quantitative estimate of drug-likeness (QED) is 0.739. The zero-order chi connectivity index (χ0) is 19.3. The van der Waals surface area contributed by atoms with E-state index >= 15 is 0 Å². The van der Waals surface area contributed by atoms with Gasteiger partial charge < -0.3 is 0 Å². The highest BCUT2D eigenvalue weighted by atomic mass is 35.5. The van der Waals surface area contributed by atoms with Crippen molar-refractivity contribution in [2.75, 3.05) is 9.91 Å². The SMILES string of the molecule is CC(=O)C1=NN(c2ccc(Cl)cc2)[C@H]2C(=O)N(c3cccc(Cl)c3)C(=O)[C@H]12. The van der Waals surface area contributed by atoms with Crippen molar-refractivity contribution in [3.05, 3.63) is 58.6 Å². The molecule has 1 fully saturated rings. The summed E-state index contributed by atoms with van der Waals surface area (Å²) in [5.41, 5.74) is 1.00. The van der Waals surface area contributed by atoms with Crippen LogP contribution in [0.4, 0.5) is 11.4 Å². The molecule has 6 nitrogen and oxygen atoms in total. The number of amides is 2. The number of Topliss-reactive ketones (excluding diaryl/α,β-unsaturated/α-hetero) is 1. The number of hydrogen-bond donors (Lipinski definition) is 0. The van der Waals surface area contributed by atoms with E-state index in [2.05, 4.69) is 5.10 Å². The fourth-order valence-electron chi connectivity index (χ4n) is 3.38. The van der Waals surface area contributed by atoms with Crippen molar-refractivity contribution < 1.29 is 14.4 Å². The molecule has 2 aromatic carbocycles. The van der Waals surface area contributed by atoms with E-state index in [-0.39, 0.29) is 11.5 Å². The molecule has 0 N–H and O–H groups in total. The Hall–Kier alpha value is -2.70. The number of hydrogen-bond acceptors (Lipinski definition) is 5. The van der Waals surface area contributed by atoms with Gasteiger partial charge >= 0.3 is 0 Å². The molecule has 2 atom stereocenters. The summed E-state index contributed by atoms with van der Waals surface area (Å²) in [6.45, 7) is 1.33. The zero-order valence-electron chi connectivity index (χ0n) is 14.1. The maximum atomic E-state index is 13.1. The van der Waals surface area contributed by atoms with E-state index in [0.717, 1.165) is 4.90 Å². The van der Waals surface area contributed by atoms with E-state index in [1.165, 1.54) is 18.0 Å². The molecule has 0 aromatic heterocycles. The molecule has 0 unspecified atom stereocenters. The van der Waals surface area contributed by atoms with Crippen LogP contribution in [0.2, 0.25) is 10.0 Å². The van der Waals surface area contributed by atoms with Gasteiger partial charge in [0.05, 0.1) is 11.4 Å². The maximum absolute atomic E-state index is 13.1. The fourth-order valence-corrected chi connectivity index (χ4v) is 3.69. The van der Waals surface area contributed by atoms with Crippen LogP contribution in [0.25, 0.3) is 0 Å². The second-order valence-electron chi connectivity index (χ2n) is 6.28. The minimum atomic E-state index is -0.954. The van der Waals surface area contributed by atoms with Crippen LogP contribution in [0.15, 0.2) is 53.6 Å². The smallest absolute Gasteiger partial charge is 0.259 e. The summed E-state index contributed by atoms with van der Waals surface area (Å²) in [5, 5.41) is 6.63. The fraction of sp³-hybridized carbons (Fsp3) is 0.158. The summed E-state index contributed by atoms with van der Waals surface area (Å²) in [6.07, 6.45) is 0. The monoisotopic (exact) mass is 401 g/mol. The molecule has 2 aliphatic heterocycles. The molecule has 0 saturated carbocycles. The molecule has 4 rings (SSSR count). The number of hydrazone groups is 1. The summed E-state index contributed by atoms with van der Waals surface area (Å²) < 4.78 is 0. The first-order valence-electron chi connectivity index (χ1n) is 8.16. The van der Waals surface area contributed by atoms with Crippen molar-refractivity contribution in [1.82, 2.24) is 0 Å². The van der Waals surface area contributed by atoms with Crippen molar-refractivity contribution >= 4 is 57.9 Å². The Bertz CT molecular complexity index is 1000. The van der Waals surface area contributed by atoms with Crippen LogP contribution >= 0.6 is 23.2 Å². The number of nitrogens with zero attached hydrogens (tertiary/aromatic N) is 3. The van der Waals surface area contributed by atoms with Gasteiger partial charge in [-0.25, -0.2) is 4.90 Å². The van der Waals surface area contributed by atoms with Gasteiger partial charge in [-0.3, -0.25) is 19.4 Å². The number of anilines is 2. The molecule has 2 heterocycles. The summed E-state index contributed by atoms with van der Waals surface area (Å²) in [7, 11) is 0. The van der Waals surface area contributed by atoms with E-state index in [9.17, 15) is 14.4 Å². The van der Waals surface area contributed by atoms with E-state index in [4.69, 9.17) is 23.2 Å². The van der Waals surface area contributed by atoms with Gasteiger partial charge in [-0.05, 0) is 42.5 Å². The largest absolute Gasteiger partial charge is 0.293 e. The van der Waals surface area contributed by atoms with Gasteiger partial charge in [0.25, 0.3) is 5.91 Å². The van der Waals surface area contributed by atoms with Gasteiger partial charge in [0.1, 0.15) is 17.7 Å². The van der Waals surface area contributed by atoms with Crippen LogP contribution in [0, 0.1) is 5.92 Å². The van der Waals surface area contributed by atoms with Gasteiger partial charge in [-0.2, -0.15) is 5.10 Å². The Labute approximate surface area is 165 Å². The number of ketones is 1. The lowest BCUT2D eigenvalue weighted by atomic mass is 9.95. The molecule has 0 bridgehead atoms. The van der Waals surface area contributed by atoms with Gasteiger partial charge in [-0.15, -0.1) is 0 Å². The molecule has 27 heavy (non-hydrogen) atoms. The summed E-state index contributed by atoms with van der Waals surface area (Å²) >= 11 is 11.9. The van der Waals surface area contributed by atoms with Gasteiger partial charge in [0.2, 0.25) is 5.91 Å². The molecule has 8 heteroatoms. The standard InChI is InChI=1S/C19H13Cl2N3O3/c1-10(25)16-15-17(24(22-16)13-7-5-11(20)6-8-13)19(27)23(18(15)26)14-4-2-3-12(21)9-14/h2-9,15,17H,1H3/t15-,17-/m1/s1. The number of carbonyl (C=O) groups is 3. The Morgan fingerprint density at radius 2 is 1.67 bits per heavy atom. The predicted octanol–water partition coefficient (Wildman–Crippen LogP) is 3.32. The Morgan fingerprint density at radius 1 is 0.963 bits per heavy atom. The average molecular weight is 402 g/mol. The second-order valence-corrected chi connectivity index (χ2v) is 7.15. The van der Waals surface area contributed by atoms with Crippen LogP contribution in [-0.2, 0) is 14.4 Å². The summed E-state index contributed by atoms with van der Waals surface area (Å²) in [6, 6.07) is 12.2. The molecule has 0 spiro atoms. The third-order valence-electron chi connectivity index (χ3n) is 4.57. The highest BCUT2D eigenvalue weighted by Gasteiger charge is 2.58. The Balaban J connectivity index is 1.80. The molecule has 2 amide bonds. The molecule has 1 saturated heterocycles. The van der Waals surface area contributed by atoms with Crippen molar-refractivity contribution in [3.8, 4) is 0 Å². The zero-order valence-corrected chi connectivity index (χ0v) is 15.6. The van der Waals surface area contributed by atoms with E-state index in [1.807, 2.05) is 0 Å². The number of halogens is 2. The second kappa shape index (κ2) is 6.48. The van der Waals surface area contributed by atoms with Gasteiger partial charge in [0, 0.05) is 17.0 Å². The number of fused-ring (bicyclic) bond motifs is 1. The molecule has 0 aliphatic carbocycles. The van der Waals surface area contributed by atoms with Crippen molar-refractivity contribution in [3.63, 3.8) is 0 Å². The van der Waals surface area contributed by atoms with Gasteiger partial charge in [-0.1, -0.05) is 29.3 Å². The summed E-state index contributed by atoms with van der Waals surface area (Å²) in [4.78, 5) is 39.3.